The maximum absolute atomic E-state index is 6.26. The van der Waals surface area contributed by atoms with E-state index in [1.165, 1.54) is 5.56 Å². The van der Waals surface area contributed by atoms with E-state index in [2.05, 4.69) is 42.6 Å². The molecule has 0 spiro atoms. The Labute approximate surface area is 139 Å². The maximum Gasteiger partial charge on any atom is 0.227 e. The van der Waals surface area contributed by atoms with Gasteiger partial charge < -0.3 is 15.5 Å². The van der Waals surface area contributed by atoms with Crippen LogP contribution in [0.15, 0.2) is 29.4 Å². The number of nitrogens with zero attached hydrogens (tertiary/aromatic N) is 4. The van der Waals surface area contributed by atoms with Crippen LogP contribution < -0.4 is 15.5 Å². The zero-order valence-electron chi connectivity index (χ0n) is 12.6. The maximum atomic E-state index is 6.26. The van der Waals surface area contributed by atoms with Gasteiger partial charge in [-0.15, -0.1) is 0 Å². The molecular weight excluding hydrogens is 312 g/mol. The molecule has 7 heteroatoms. The normalized spacial score (nSPS) is 16.5. The minimum atomic E-state index is 0.512. The van der Waals surface area contributed by atoms with Crippen molar-refractivity contribution in [1.29, 1.82) is 0 Å². The fourth-order valence-electron chi connectivity index (χ4n) is 2.78. The van der Waals surface area contributed by atoms with Gasteiger partial charge in [0, 0.05) is 38.1 Å². The molecule has 0 unspecified atom stereocenters. The Hall–Kier alpha value is -2.18. The minimum absolute atomic E-state index is 0.512. The van der Waals surface area contributed by atoms with E-state index in [4.69, 9.17) is 11.6 Å². The van der Waals surface area contributed by atoms with Crippen LogP contribution in [0, 0.1) is 0 Å². The van der Waals surface area contributed by atoms with E-state index in [1.807, 2.05) is 12.3 Å². The predicted octanol–water partition coefficient (Wildman–Crippen LogP) is 2.22. The molecule has 2 aliphatic rings. The van der Waals surface area contributed by atoms with Gasteiger partial charge in [-0.05, 0) is 23.3 Å². The molecule has 0 radical (unpaired) electrons. The highest BCUT2D eigenvalue weighted by atomic mass is 35.5. The summed E-state index contributed by atoms with van der Waals surface area (Å²) in [6.07, 6.45) is 3.55. The smallest absolute Gasteiger partial charge is 0.227 e. The van der Waals surface area contributed by atoms with Gasteiger partial charge in [-0.25, -0.2) is 4.98 Å². The molecule has 0 amide bonds. The molecule has 1 saturated heterocycles. The van der Waals surface area contributed by atoms with Crippen LogP contribution in [0.5, 0.6) is 0 Å². The molecule has 0 atom stereocenters. The summed E-state index contributed by atoms with van der Waals surface area (Å²) in [7, 11) is 0. The van der Waals surface area contributed by atoms with Crippen LogP contribution in [-0.2, 0) is 6.54 Å². The van der Waals surface area contributed by atoms with Gasteiger partial charge in [-0.2, -0.15) is 4.98 Å². The van der Waals surface area contributed by atoms with Crippen LogP contribution in [0.1, 0.15) is 11.1 Å². The molecule has 0 aliphatic carbocycles. The topological polar surface area (TPSA) is 65.4 Å². The summed E-state index contributed by atoms with van der Waals surface area (Å²) in [5.74, 6) is 1.34. The van der Waals surface area contributed by atoms with Crippen LogP contribution in [0.25, 0.3) is 0 Å². The largest absolute Gasteiger partial charge is 0.339 e. The molecule has 1 aromatic heterocycles. The summed E-state index contributed by atoms with van der Waals surface area (Å²) >= 11 is 6.26. The SMILES string of the molecule is Clc1cnc(N2CCNCC2)nc1Nc1ccc2c(c1)C=NC2. The number of aromatic nitrogens is 2. The lowest BCUT2D eigenvalue weighted by atomic mass is 10.1. The highest BCUT2D eigenvalue weighted by molar-refractivity contribution is 6.32. The molecule has 4 rings (SSSR count). The third-order valence-corrected chi connectivity index (χ3v) is 4.31. The van der Waals surface area contributed by atoms with Crippen molar-refractivity contribution in [3.63, 3.8) is 0 Å². The Morgan fingerprint density at radius 3 is 2.96 bits per heavy atom. The van der Waals surface area contributed by atoms with Gasteiger partial charge in [0.05, 0.1) is 12.7 Å². The molecular formula is C16H17ClN6. The Morgan fingerprint density at radius 1 is 1.22 bits per heavy atom. The Bertz CT molecular complexity index is 754. The third kappa shape index (κ3) is 3.00. The number of halogens is 1. The van der Waals surface area contributed by atoms with Gasteiger partial charge in [0.25, 0.3) is 0 Å². The van der Waals surface area contributed by atoms with E-state index in [1.54, 1.807) is 6.20 Å². The van der Waals surface area contributed by atoms with E-state index < -0.39 is 0 Å². The highest BCUT2D eigenvalue weighted by Gasteiger charge is 2.15. The molecule has 1 fully saturated rings. The number of hydrogen-bond donors (Lipinski definition) is 2. The Kier molecular flexibility index (Phi) is 3.85. The molecule has 2 N–H and O–H groups in total. The second kappa shape index (κ2) is 6.14. The average molecular weight is 329 g/mol. The summed E-state index contributed by atoms with van der Waals surface area (Å²) < 4.78 is 0. The number of rotatable bonds is 3. The van der Waals surface area contributed by atoms with E-state index in [-0.39, 0.29) is 0 Å². The molecule has 2 aliphatic heterocycles. The first kappa shape index (κ1) is 14.4. The van der Waals surface area contributed by atoms with Crippen molar-refractivity contribution in [2.75, 3.05) is 36.4 Å². The van der Waals surface area contributed by atoms with E-state index in [0.29, 0.717) is 16.8 Å². The Morgan fingerprint density at radius 2 is 2.09 bits per heavy atom. The molecule has 0 bridgehead atoms. The molecule has 6 nitrogen and oxygen atoms in total. The zero-order valence-corrected chi connectivity index (χ0v) is 13.3. The summed E-state index contributed by atoms with van der Waals surface area (Å²) in [5.41, 5.74) is 3.33. The second-order valence-corrected chi connectivity index (χ2v) is 6.02. The van der Waals surface area contributed by atoms with Gasteiger partial charge in [0.2, 0.25) is 5.95 Å². The number of fused-ring (bicyclic) bond motifs is 1. The lowest BCUT2D eigenvalue weighted by molar-refractivity contribution is 0.580. The summed E-state index contributed by atoms with van der Waals surface area (Å²) in [6.45, 7) is 4.45. The number of piperazine rings is 1. The fraction of sp³-hybridized carbons (Fsp3) is 0.312. The monoisotopic (exact) mass is 328 g/mol. The standard InChI is InChI=1S/C16H17ClN6/c17-14-10-20-16(23-5-3-18-4-6-23)22-15(14)21-13-2-1-11-8-19-9-12(11)7-13/h1-2,7,9-10,18H,3-6,8H2,(H,20,21,22). The molecule has 1 aromatic carbocycles. The van der Waals surface area contributed by atoms with Gasteiger partial charge >= 0.3 is 0 Å². The van der Waals surface area contributed by atoms with Crippen molar-refractivity contribution < 1.29 is 0 Å². The number of aliphatic imine (C=N–C) groups is 1. The fourth-order valence-corrected chi connectivity index (χ4v) is 2.92. The number of anilines is 3. The summed E-state index contributed by atoms with van der Waals surface area (Å²) in [6, 6.07) is 6.17. The molecule has 2 aromatic rings. The first-order valence-corrected chi connectivity index (χ1v) is 8.05. The summed E-state index contributed by atoms with van der Waals surface area (Å²) in [4.78, 5) is 15.4. The molecule has 0 saturated carbocycles. The van der Waals surface area contributed by atoms with Crippen LogP contribution in [0.2, 0.25) is 5.02 Å². The van der Waals surface area contributed by atoms with Crippen LogP contribution >= 0.6 is 11.6 Å². The quantitative estimate of drug-likeness (QED) is 0.904. The van der Waals surface area contributed by atoms with Gasteiger partial charge in [-0.1, -0.05) is 17.7 Å². The average Bonchev–Trinajstić information content (AvgIpc) is 3.05. The van der Waals surface area contributed by atoms with Crippen molar-refractivity contribution in [2.24, 2.45) is 4.99 Å². The molecule has 23 heavy (non-hydrogen) atoms. The lowest BCUT2D eigenvalue weighted by Gasteiger charge is -2.27. The first-order chi connectivity index (χ1) is 11.3. The van der Waals surface area contributed by atoms with Crippen molar-refractivity contribution in [1.82, 2.24) is 15.3 Å². The van der Waals surface area contributed by atoms with E-state index in [0.717, 1.165) is 44.0 Å². The summed E-state index contributed by atoms with van der Waals surface area (Å²) in [5, 5.41) is 7.13. The van der Waals surface area contributed by atoms with Crippen molar-refractivity contribution in [3.05, 3.63) is 40.5 Å². The highest BCUT2D eigenvalue weighted by Crippen LogP contribution is 2.27. The number of nitrogens with one attached hydrogen (secondary N) is 2. The van der Waals surface area contributed by atoms with Crippen molar-refractivity contribution in [2.45, 2.75) is 6.54 Å². The van der Waals surface area contributed by atoms with Crippen molar-refractivity contribution >= 4 is 35.3 Å². The van der Waals surface area contributed by atoms with Gasteiger partial charge in [-0.3, -0.25) is 4.99 Å². The second-order valence-electron chi connectivity index (χ2n) is 5.61. The molecule has 118 valence electrons. The Balaban J connectivity index is 1.59. The van der Waals surface area contributed by atoms with Crippen molar-refractivity contribution in [3.8, 4) is 0 Å². The van der Waals surface area contributed by atoms with Crippen LogP contribution in [-0.4, -0.2) is 42.4 Å². The zero-order chi connectivity index (χ0) is 15.6. The lowest BCUT2D eigenvalue weighted by Crippen LogP contribution is -2.44. The molecule has 3 heterocycles. The van der Waals surface area contributed by atoms with Gasteiger partial charge in [0.1, 0.15) is 5.02 Å². The number of hydrogen-bond acceptors (Lipinski definition) is 6. The minimum Gasteiger partial charge on any atom is -0.339 e. The van der Waals surface area contributed by atoms with E-state index >= 15 is 0 Å². The number of benzene rings is 1. The first-order valence-electron chi connectivity index (χ1n) is 7.67. The predicted molar refractivity (Wildman–Crippen MR) is 93.1 cm³/mol. The van der Waals surface area contributed by atoms with E-state index in [9.17, 15) is 0 Å². The third-order valence-electron chi connectivity index (χ3n) is 4.03. The van der Waals surface area contributed by atoms with Crippen LogP contribution in [0.3, 0.4) is 0 Å². The van der Waals surface area contributed by atoms with Crippen LogP contribution in [0.4, 0.5) is 17.5 Å². The van der Waals surface area contributed by atoms with Gasteiger partial charge in [0.15, 0.2) is 5.82 Å².